The maximum Gasteiger partial charge on any atom is 0.262 e. The first-order valence-electron chi connectivity index (χ1n) is 9.31. The maximum atomic E-state index is 12.2. The lowest BCUT2D eigenvalue weighted by Gasteiger charge is -2.09. The average molecular weight is 408 g/mol. The summed E-state index contributed by atoms with van der Waals surface area (Å²) in [6.07, 6.45) is 2.03. The molecule has 1 fully saturated rings. The average Bonchev–Trinajstić information content (AvgIpc) is 3.43. The summed E-state index contributed by atoms with van der Waals surface area (Å²) in [5, 5.41) is 7.98. The Bertz CT molecular complexity index is 982. The van der Waals surface area contributed by atoms with E-state index in [0.717, 1.165) is 18.6 Å². The second-order valence-electron chi connectivity index (χ2n) is 6.63. The fraction of sp³-hybridized carbons (Fsp3) is 0.182. The minimum atomic E-state index is -0.322. The summed E-state index contributed by atoms with van der Waals surface area (Å²) in [4.78, 5) is 24.4. The van der Waals surface area contributed by atoms with Gasteiger partial charge in [0.2, 0.25) is 0 Å². The fourth-order valence-corrected chi connectivity index (χ4v) is 3.42. The Kier molecular flexibility index (Phi) is 5.76. The molecular formula is C22H20N2O4S. The number of hydrogen-bond acceptors (Lipinski definition) is 5. The monoisotopic (exact) mass is 408 g/mol. The van der Waals surface area contributed by atoms with Crippen LogP contribution in [0.4, 0.5) is 5.00 Å². The van der Waals surface area contributed by atoms with Crippen LogP contribution in [0.15, 0.2) is 66.0 Å². The summed E-state index contributed by atoms with van der Waals surface area (Å²) in [5.41, 5.74) is 0.484. The summed E-state index contributed by atoms with van der Waals surface area (Å²) in [7, 11) is 0. The van der Waals surface area contributed by atoms with Crippen LogP contribution in [0.5, 0.6) is 17.2 Å². The van der Waals surface area contributed by atoms with Gasteiger partial charge in [-0.3, -0.25) is 9.59 Å². The van der Waals surface area contributed by atoms with Crippen LogP contribution in [-0.2, 0) is 4.79 Å². The van der Waals surface area contributed by atoms with Crippen LogP contribution in [0.25, 0.3) is 0 Å². The van der Waals surface area contributed by atoms with Gasteiger partial charge in [-0.15, -0.1) is 11.3 Å². The highest BCUT2D eigenvalue weighted by Crippen LogP contribution is 2.26. The molecule has 148 valence electrons. The number of carbonyl (C=O) groups excluding carboxylic acids is 2. The summed E-state index contributed by atoms with van der Waals surface area (Å²) < 4.78 is 11.3. The number of thiophene rings is 1. The molecule has 1 aromatic heterocycles. The molecule has 1 heterocycles. The van der Waals surface area contributed by atoms with E-state index in [1.807, 2.05) is 30.3 Å². The lowest BCUT2D eigenvalue weighted by atomic mass is 10.3. The van der Waals surface area contributed by atoms with E-state index < -0.39 is 0 Å². The topological polar surface area (TPSA) is 76.7 Å². The smallest absolute Gasteiger partial charge is 0.262 e. The number of para-hydroxylation sites is 1. The van der Waals surface area contributed by atoms with Gasteiger partial charge in [-0.2, -0.15) is 0 Å². The predicted octanol–water partition coefficient (Wildman–Crippen LogP) is 4.45. The molecule has 3 aromatic rings. The molecule has 0 aliphatic heterocycles. The SMILES string of the molecule is O=C(COc1ccc(Oc2ccccc2)cc1)Nc1sccc1C(=O)NC1CC1. The maximum absolute atomic E-state index is 12.2. The van der Waals surface area contributed by atoms with Gasteiger partial charge >= 0.3 is 0 Å². The Labute approximate surface area is 172 Å². The summed E-state index contributed by atoms with van der Waals surface area (Å²) in [5.74, 6) is 1.51. The van der Waals surface area contributed by atoms with Crippen molar-refractivity contribution < 1.29 is 19.1 Å². The van der Waals surface area contributed by atoms with E-state index in [1.54, 1.807) is 35.7 Å². The molecule has 0 atom stereocenters. The molecule has 0 radical (unpaired) electrons. The number of nitrogens with one attached hydrogen (secondary N) is 2. The van der Waals surface area contributed by atoms with Crippen LogP contribution in [0.1, 0.15) is 23.2 Å². The van der Waals surface area contributed by atoms with Gasteiger partial charge < -0.3 is 20.1 Å². The molecule has 2 N–H and O–H groups in total. The molecule has 2 aromatic carbocycles. The van der Waals surface area contributed by atoms with Crippen molar-refractivity contribution in [1.29, 1.82) is 0 Å². The Hall–Kier alpha value is -3.32. The minimum Gasteiger partial charge on any atom is -0.484 e. The van der Waals surface area contributed by atoms with Gasteiger partial charge in [0.15, 0.2) is 6.61 Å². The van der Waals surface area contributed by atoms with Crippen LogP contribution in [0, 0.1) is 0 Å². The Balaban J connectivity index is 1.27. The van der Waals surface area contributed by atoms with Crippen molar-refractivity contribution in [3.63, 3.8) is 0 Å². The molecule has 4 rings (SSSR count). The molecule has 0 unspecified atom stereocenters. The van der Waals surface area contributed by atoms with E-state index in [1.165, 1.54) is 11.3 Å². The van der Waals surface area contributed by atoms with Crippen molar-refractivity contribution in [1.82, 2.24) is 5.32 Å². The third-order valence-electron chi connectivity index (χ3n) is 4.25. The van der Waals surface area contributed by atoms with Gasteiger partial charge in [-0.25, -0.2) is 0 Å². The van der Waals surface area contributed by atoms with Crippen LogP contribution in [0.2, 0.25) is 0 Å². The number of anilines is 1. The number of ether oxygens (including phenoxy) is 2. The molecule has 1 aliphatic carbocycles. The summed E-state index contributed by atoms with van der Waals surface area (Å²) in [6, 6.07) is 18.5. The highest BCUT2D eigenvalue weighted by molar-refractivity contribution is 7.14. The van der Waals surface area contributed by atoms with Crippen molar-refractivity contribution in [2.75, 3.05) is 11.9 Å². The number of rotatable bonds is 8. The Morgan fingerprint density at radius 2 is 1.62 bits per heavy atom. The van der Waals surface area contributed by atoms with Gasteiger partial charge in [0.25, 0.3) is 11.8 Å². The molecule has 0 bridgehead atoms. The van der Waals surface area contributed by atoms with Crippen LogP contribution < -0.4 is 20.1 Å². The normalized spacial score (nSPS) is 12.8. The van der Waals surface area contributed by atoms with Crippen molar-refractivity contribution in [3.8, 4) is 17.2 Å². The second-order valence-corrected chi connectivity index (χ2v) is 7.55. The van der Waals surface area contributed by atoms with Gasteiger partial charge in [0.1, 0.15) is 22.2 Å². The zero-order valence-electron chi connectivity index (χ0n) is 15.6. The molecule has 7 heteroatoms. The first kappa shape index (κ1) is 19.0. The fourth-order valence-electron chi connectivity index (χ4n) is 2.62. The first-order valence-corrected chi connectivity index (χ1v) is 10.2. The van der Waals surface area contributed by atoms with Crippen molar-refractivity contribution in [2.24, 2.45) is 0 Å². The van der Waals surface area contributed by atoms with Gasteiger partial charge in [-0.05, 0) is 60.7 Å². The highest BCUT2D eigenvalue weighted by atomic mass is 32.1. The molecule has 2 amide bonds. The second kappa shape index (κ2) is 8.79. The standard InChI is InChI=1S/C22H20N2O4S/c25-20(24-22-19(12-13-29-22)21(26)23-15-6-7-15)14-27-16-8-10-18(11-9-16)28-17-4-2-1-3-5-17/h1-5,8-13,15H,6-7,14H2,(H,23,26)(H,24,25). The van der Waals surface area contributed by atoms with E-state index in [4.69, 9.17) is 9.47 Å². The quantitative estimate of drug-likeness (QED) is 0.577. The van der Waals surface area contributed by atoms with E-state index in [9.17, 15) is 9.59 Å². The van der Waals surface area contributed by atoms with Gasteiger partial charge in [0.05, 0.1) is 5.56 Å². The molecule has 6 nitrogen and oxygen atoms in total. The van der Waals surface area contributed by atoms with E-state index >= 15 is 0 Å². The zero-order valence-corrected chi connectivity index (χ0v) is 16.4. The molecule has 29 heavy (non-hydrogen) atoms. The molecular weight excluding hydrogens is 388 g/mol. The van der Waals surface area contributed by atoms with Crippen LogP contribution in [-0.4, -0.2) is 24.5 Å². The highest BCUT2D eigenvalue weighted by Gasteiger charge is 2.25. The molecule has 1 aliphatic rings. The Morgan fingerprint density at radius 3 is 2.34 bits per heavy atom. The minimum absolute atomic E-state index is 0.152. The van der Waals surface area contributed by atoms with E-state index in [2.05, 4.69) is 10.6 Å². The van der Waals surface area contributed by atoms with Crippen molar-refractivity contribution in [2.45, 2.75) is 18.9 Å². The third-order valence-corrected chi connectivity index (χ3v) is 5.08. The predicted molar refractivity (Wildman–Crippen MR) is 112 cm³/mol. The van der Waals surface area contributed by atoms with Gasteiger partial charge in [-0.1, -0.05) is 18.2 Å². The number of benzene rings is 2. The number of amides is 2. The lowest BCUT2D eigenvalue weighted by molar-refractivity contribution is -0.118. The third kappa shape index (κ3) is 5.36. The van der Waals surface area contributed by atoms with Crippen molar-refractivity contribution >= 4 is 28.2 Å². The van der Waals surface area contributed by atoms with Gasteiger partial charge in [0, 0.05) is 6.04 Å². The van der Waals surface area contributed by atoms with Crippen LogP contribution in [0.3, 0.4) is 0 Å². The zero-order chi connectivity index (χ0) is 20.1. The largest absolute Gasteiger partial charge is 0.484 e. The Morgan fingerprint density at radius 1 is 0.931 bits per heavy atom. The van der Waals surface area contributed by atoms with Crippen molar-refractivity contribution in [3.05, 3.63) is 71.6 Å². The summed E-state index contributed by atoms with van der Waals surface area (Å²) in [6.45, 7) is -0.152. The molecule has 0 spiro atoms. The lowest BCUT2D eigenvalue weighted by Crippen LogP contribution is -2.27. The van der Waals surface area contributed by atoms with E-state index in [0.29, 0.717) is 22.1 Å². The van der Waals surface area contributed by atoms with E-state index in [-0.39, 0.29) is 24.5 Å². The first-order chi connectivity index (χ1) is 14.2. The van der Waals surface area contributed by atoms with Crippen LogP contribution >= 0.6 is 11.3 Å². The molecule has 0 saturated heterocycles. The number of hydrogen-bond donors (Lipinski definition) is 2. The molecule has 1 saturated carbocycles. The summed E-state index contributed by atoms with van der Waals surface area (Å²) >= 11 is 1.31. The number of carbonyl (C=O) groups is 2.